The minimum absolute atomic E-state index is 0. The van der Waals surface area contributed by atoms with Gasteiger partial charge in [-0.05, 0) is 43.7 Å². The van der Waals surface area contributed by atoms with Crippen molar-refractivity contribution < 1.29 is 16.9 Å². The van der Waals surface area contributed by atoms with Crippen LogP contribution in [0.25, 0.3) is 0 Å². The third-order valence-electron chi connectivity index (χ3n) is 4.51. The Balaban J connectivity index is 0.00000264. The lowest BCUT2D eigenvalue weighted by Gasteiger charge is -2.27. The van der Waals surface area contributed by atoms with Gasteiger partial charge in [-0.15, -0.1) is 0 Å². The van der Waals surface area contributed by atoms with Gasteiger partial charge in [0.1, 0.15) is 0 Å². The molecule has 1 aliphatic heterocycles. The molecule has 0 saturated carbocycles. The number of halogens is 1. The molecule has 0 aromatic heterocycles. The lowest BCUT2D eigenvalue weighted by atomic mass is 10.1. The highest BCUT2D eigenvalue weighted by molar-refractivity contribution is 5.58. The van der Waals surface area contributed by atoms with Gasteiger partial charge in [-0.25, -0.2) is 0 Å². The molecule has 2 rings (SSSR count). The molecule has 1 aliphatic rings. The quantitative estimate of drug-likeness (QED) is 0.562. The molecule has 0 unspecified atom stereocenters. The average molecular weight is 341 g/mol. The summed E-state index contributed by atoms with van der Waals surface area (Å²) in [5.74, 6) is 0. The van der Waals surface area contributed by atoms with Crippen LogP contribution in [0.2, 0.25) is 0 Å². The molecule has 0 amide bonds. The van der Waals surface area contributed by atoms with Gasteiger partial charge in [0.2, 0.25) is 0 Å². The van der Waals surface area contributed by atoms with Gasteiger partial charge in [0, 0.05) is 44.0 Å². The second kappa shape index (κ2) is 8.76. The topological polar surface area (TPSA) is 32.5 Å². The second-order valence-electron chi connectivity index (χ2n) is 7.59. The standard InChI is InChI=1S/C18H33N4.ClH/c1-16-15-17(7-8-18(16)19)21-11-5-9-20(12-13-21)10-6-14-22(2,3)4;/h7-8,15H,5-6,9-14,19H2,1-4H3;1H/q+1;/p-1. The molecular formula is C18H33ClN4. The van der Waals surface area contributed by atoms with E-state index in [1.165, 1.54) is 50.3 Å². The zero-order chi connectivity index (χ0) is 16.2. The maximum absolute atomic E-state index is 5.93. The van der Waals surface area contributed by atoms with E-state index in [1.807, 2.05) is 6.07 Å². The summed E-state index contributed by atoms with van der Waals surface area (Å²) in [7, 11) is 6.81. The summed E-state index contributed by atoms with van der Waals surface area (Å²) in [6.07, 6.45) is 2.53. The number of anilines is 2. The van der Waals surface area contributed by atoms with Gasteiger partial charge in [0.15, 0.2) is 0 Å². The van der Waals surface area contributed by atoms with Crippen molar-refractivity contribution in [2.45, 2.75) is 19.8 Å². The molecule has 1 saturated heterocycles. The molecule has 0 atom stereocenters. The van der Waals surface area contributed by atoms with E-state index in [2.05, 4.69) is 50.0 Å². The highest BCUT2D eigenvalue weighted by Gasteiger charge is 2.16. The molecule has 0 spiro atoms. The van der Waals surface area contributed by atoms with E-state index in [1.54, 1.807) is 0 Å². The van der Waals surface area contributed by atoms with E-state index in [0.29, 0.717) is 0 Å². The van der Waals surface area contributed by atoms with Gasteiger partial charge in [-0.1, -0.05) is 0 Å². The van der Waals surface area contributed by atoms with E-state index >= 15 is 0 Å². The number of rotatable bonds is 5. The Labute approximate surface area is 148 Å². The van der Waals surface area contributed by atoms with Gasteiger partial charge in [0.25, 0.3) is 0 Å². The first-order chi connectivity index (χ1) is 10.3. The largest absolute Gasteiger partial charge is 1.00 e. The van der Waals surface area contributed by atoms with Crippen LogP contribution in [0, 0.1) is 6.92 Å². The minimum atomic E-state index is 0. The maximum Gasteiger partial charge on any atom is 0.0792 e. The highest BCUT2D eigenvalue weighted by atomic mass is 35.5. The predicted molar refractivity (Wildman–Crippen MR) is 96.4 cm³/mol. The summed E-state index contributed by atoms with van der Waals surface area (Å²) in [5, 5.41) is 0. The van der Waals surface area contributed by atoms with Crippen molar-refractivity contribution in [2.75, 3.05) is 71.0 Å². The summed E-state index contributed by atoms with van der Waals surface area (Å²) >= 11 is 0. The van der Waals surface area contributed by atoms with Crippen LogP contribution in [0.4, 0.5) is 11.4 Å². The molecule has 0 aliphatic carbocycles. The SMILES string of the molecule is Cc1cc(N2CCCN(CCC[N+](C)(C)C)CC2)ccc1N.[Cl-]. The number of benzene rings is 1. The number of hydrogen-bond acceptors (Lipinski definition) is 3. The van der Waals surface area contributed by atoms with E-state index in [9.17, 15) is 0 Å². The summed E-state index contributed by atoms with van der Waals surface area (Å²) in [6, 6.07) is 6.42. The molecule has 132 valence electrons. The lowest BCUT2D eigenvalue weighted by Crippen LogP contribution is -3.00. The summed E-state index contributed by atoms with van der Waals surface area (Å²) in [4.78, 5) is 5.13. The fraction of sp³-hybridized carbons (Fsp3) is 0.667. The van der Waals surface area contributed by atoms with Crippen molar-refractivity contribution in [3.05, 3.63) is 23.8 Å². The first-order valence-corrected chi connectivity index (χ1v) is 8.49. The first kappa shape index (κ1) is 20.1. The first-order valence-electron chi connectivity index (χ1n) is 8.49. The zero-order valence-electron chi connectivity index (χ0n) is 15.2. The molecule has 23 heavy (non-hydrogen) atoms. The number of quaternary nitrogens is 1. The number of hydrogen-bond donors (Lipinski definition) is 1. The average Bonchev–Trinajstić information content (AvgIpc) is 2.66. The molecule has 1 heterocycles. The maximum atomic E-state index is 5.93. The molecule has 4 nitrogen and oxygen atoms in total. The van der Waals surface area contributed by atoms with Gasteiger partial charge in [0.05, 0.1) is 27.7 Å². The number of aryl methyl sites for hydroxylation is 1. The van der Waals surface area contributed by atoms with Crippen molar-refractivity contribution in [2.24, 2.45) is 0 Å². The molecule has 5 heteroatoms. The minimum Gasteiger partial charge on any atom is -1.00 e. The van der Waals surface area contributed by atoms with Crippen LogP contribution >= 0.6 is 0 Å². The van der Waals surface area contributed by atoms with Gasteiger partial charge in [-0.3, -0.25) is 0 Å². The van der Waals surface area contributed by atoms with Crippen LogP contribution in [-0.2, 0) is 0 Å². The molecule has 2 N–H and O–H groups in total. The van der Waals surface area contributed by atoms with Gasteiger partial charge in [-0.2, -0.15) is 0 Å². The summed E-state index contributed by atoms with van der Waals surface area (Å²) < 4.78 is 1.06. The molecule has 1 fully saturated rings. The zero-order valence-corrected chi connectivity index (χ0v) is 15.9. The van der Waals surface area contributed by atoms with Crippen LogP contribution < -0.4 is 23.0 Å². The van der Waals surface area contributed by atoms with E-state index in [-0.39, 0.29) is 12.4 Å². The fourth-order valence-corrected chi connectivity index (χ4v) is 3.08. The number of nitrogen functional groups attached to an aromatic ring is 1. The van der Waals surface area contributed by atoms with E-state index in [0.717, 1.165) is 23.3 Å². The molecular weight excluding hydrogens is 308 g/mol. The van der Waals surface area contributed by atoms with Crippen molar-refractivity contribution in [1.29, 1.82) is 0 Å². The number of nitrogens with two attached hydrogens (primary N) is 1. The van der Waals surface area contributed by atoms with Crippen molar-refractivity contribution >= 4 is 11.4 Å². The Morgan fingerprint density at radius 2 is 1.83 bits per heavy atom. The van der Waals surface area contributed by atoms with E-state index in [4.69, 9.17) is 5.73 Å². The van der Waals surface area contributed by atoms with E-state index < -0.39 is 0 Å². The Bertz CT molecular complexity index is 484. The van der Waals surface area contributed by atoms with Gasteiger partial charge < -0.3 is 32.4 Å². The Morgan fingerprint density at radius 1 is 1.09 bits per heavy atom. The van der Waals surface area contributed by atoms with Crippen molar-refractivity contribution in [3.63, 3.8) is 0 Å². The summed E-state index contributed by atoms with van der Waals surface area (Å²) in [6.45, 7) is 9.22. The molecule has 1 aromatic carbocycles. The molecule has 1 aromatic rings. The van der Waals surface area contributed by atoms with Crippen molar-refractivity contribution in [1.82, 2.24) is 4.90 Å². The van der Waals surface area contributed by atoms with Crippen LogP contribution in [-0.4, -0.2) is 69.8 Å². The van der Waals surface area contributed by atoms with Crippen LogP contribution in [0.1, 0.15) is 18.4 Å². The third kappa shape index (κ3) is 6.58. The monoisotopic (exact) mass is 340 g/mol. The van der Waals surface area contributed by atoms with Crippen molar-refractivity contribution in [3.8, 4) is 0 Å². The van der Waals surface area contributed by atoms with Gasteiger partial charge >= 0.3 is 0 Å². The Morgan fingerprint density at radius 3 is 2.48 bits per heavy atom. The third-order valence-corrected chi connectivity index (χ3v) is 4.51. The number of nitrogens with zero attached hydrogens (tertiary/aromatic N) is 3. The van der Waals surface area contributed by atoms with Crippen LogP contribution in [0.5, 0.6) is 0 Å². The summed E-state index contributed by atoms with van der Waals surface area (Å²) in [5.41, 5.74) is 9.32. The fourth-order valence-electron chi connectivity index (χ4n) is 3.08. The van der Waals surface area contributed by atoms with Crippen LogP contribution in [0.3, 0.4) is 0 Å². The Kier molecular flexibility index (Phi) is 7.65. The molecule has 0 bridgehead atoms. The highest BCUT2D eigenvalue weighted by Crippen LogP contribution is 2.21. The molecule has 0 radical (unpaired) electrons. The Hall–Kier alpha value is -0.970. The smallest absolute Gasteiger partial charge is 0.0792 e. The van der Waals surface area contributed by atoms with Crippen LogP contribution in [0.15, 0.2) is 18.2 Å². The second-order valence-corrected chi connectivity index (χ2v) is 7.59. The predicted octanol–water partition coefficient (Wildman–Crippen LogP) is -0.810. The normalized spacial score (nSPS) is 16.8. The lowest BCUT2D eigenvalue weighted by molar-refractivity contribution is -0.870.